The van der Waals surface area contributed by atoms with E-state index >= 15 is 0 Å². The summed E-state index contributed by atoms with van der Waals surface area (Å²) >= 11 is 12.7. The van der Waals surface area contributed by atoms with Crippen molar-refractivity contribution in [2.24, 2.45) is 0 Å². The Morgan fingerprint density at radius 1 is 1.06 bits per heavy atom. The summed E-state index contributed by atoms with van der Waals surface area (Å²) < 4.78 is 5.96. The van der Waals surface area contributed by atoms with Crippen LogP contribution in [0, 0.1) is 0 Å². The van der Waals surface area contributed by atoms with E-state index in [1.165, 1.54) is 17.9 Å². The van der Waals surface area contributed by atoms with Crippen molar-refractivity contribution in [3.8, 4) is 5.75 Å². The van der Waals surface area contributed by atoms with Crippen molar-refractivity contribution in [2.75, 3.05) is 18.1 Å². The van der Waals surface area contributed by atoms with Gasteiger partial charge in [-0.05, 0) is 36.9 Å². The second-order valence-corrected chi connectivity index (χ2v) is 8.44. The van der Waals surface area contributed by atoms with Crippen molar-refractivity contribution in [2.45, 2.75) is 25.4 Å². The Balaban J connectivity index is 1.53. The van der Waals surface area contributed by atoms with Gasteiger partial charge in [-0.3, -0.25) is 9.59 Å². The molecule has 0 saturated carbocycles. The lowest BCUT2D eigenvalue weighted by molar-refractivity contribution is -0.141. The molecule has 3 aromatic carbocycles. The van der Waals surface area contributed by atoms with Crippen molar-refractivity contribution in [3.63, 3.8) is 0 Å². The number of halogens is 2. The minimum absolute atomic E-state index is 0.192. The molecule has 0 aliphatic carbocycles. The van der Waals surface area contributed by atoms with Gasteiger partial charge < -0.3 is 14.7 Å². The molecule has 0 saturated heterocycles. The number of amides is 1. The molecule has 1 aliphatic heterocycles. The van der Waals surface area contributed by atoms with Crippen LogP contribution in [0.1, 0.15) is 25.3 Å². The number of Topliss-reactive ketones (excluding diaryl/α,β-unsaturated/α-hetero) is 1. The monoisotopic (exact) mass is 457 g/mol. The lowest BCUT2D eigenvalue weighted by Gasteiger charge is -2.22. The van der Waals surface area contributed by atoms with Gasteiger partial charge >= 0.3 is 0 Å². The van der Waals surface area contributed by atoms with Gasteiger partial charge in [-0.25, -0.2) is 0 Å². The summed E-state index contributed by atoms with van der Waals surface area (Å²) in [5.41, 5.74) is -1.47. The zero-order chi connectivity index (χ0) is 22.2. The van der Waals surface area contributed by atoms with Gasteiger partial charge in [0.2, 0.25) is 0 Å². The van der Waals surface area contributed by atoms with E-state index in [1.807, 2.05) is 42.5 Å². The van der Waals surface area contributed by atoms with Crippen LogP contribution in [0.3, 0.4) is 0 Å². The van der Waals surface area contributed by atoms with Crippen molar-refractivity contribution < 1.29 is 19.4 Å². The fourth-order valence-electron chi connectivity index (χ4n) is 4.09. The van der Waals surface area contributed by atoms with Crippen molar-refractivity contribution in [3.05, 3.63) is 70.2 Å². The van der Waals surface area contributed by atoms with Gasteiger partial charge in [0.1, 0.15) is 11.5 Å². The number of ketones is 1. The maximum Gasteiger partial charge on any atom is 0.264 e. The molecule has 5 nitrogen and oxygen atoms in total. The molecule has 1 N–H and O–H groups in total. The van der Waals surface area contributed by atoms with Crippen LogP contribution in [0.25, 0.3) is 10.8 Å². The molecule has 31 heavy (non-hydrogen) atoms. The van der Waals surface area contributed by atoms with Crippen LogP contribution in [0.15, 0.2) is 54.6 Å². The lowest BCUT2D eigenvalue weighted by Crippen LogP contribution is -2.42. The Kier molecular flexibility index (Phi) is 5.93. The van der Waals surface area contributed by atoms with Crippen LogP contribution in [0.5, 0.6) is 5.75 Å². The third-order valence-electron chi connectivity index (χ3n) is 5.40. The number of hydrogen-bond acceptors (Lipinski definition) is 4. The van der Waals surface area contributed by atoms with Crippen LogP contribution < -0.4 is 9.64 Å². The molecule has 1 aliphatic rings. The number of aliphatic hydroxyl groups is 1. The number of carbonyl (C=O) groups is 2. The minimum Gasteiger partial charge on any atom is -0.493 e. The predicted molar refractivity (Wildman–Crippen MR) is 122 cm³/mol. The Bertz CT molecular complexity index is 1170. The van der Waals surface area contributed by atoms with Gasteiger partial charge in [-0.1, -0.05) is 59.6 Å². The molecule has 0 fully saturated rings. The van der Waals surface area contributed by atoms with Crippen molar-refractivity contribution in [1.29, 1.82) is 0 Å². The molecule has 4 rings (SSSR count). The SMILES string of the molecule is CC(=O)CC1(O)C(=O)N(CCCOc2cccc3ccccc23)c2c(Cl)ccc(Cl)c21. The van der Waals surface area contributed by atoms with Gasteiger partial charge in [-0.2, -0.15) is 0 Å². The fourth-order valence-corrected chi connectivity index (χ4v) is 4.66. The maximum atomic E-state index is 13.1. The molecule has 1 heterocycles. The average molecular weight is 458 g/mol. The van der Waals surface area contributed by atoms with Crippen molar-refractivity contribution in [1.82, 2.24) is 0 Å². The molecular weight excluding hydrogens is 437 g/mol. The standard InChI is InChI=1S/C24H21Cl2NO4/c1-15(28)14-24(30)21-18(25)10-11-19(26)22(21)27(23(24)29)12-5-13-31-20-9-4-7-16-6-2-3-8-17(16)20/h2-4,6-11,30H,5,12-14H2,1H3. The largest absolute Gasteiger partial charge is 0.493 e. The molecule has 1 atom stereocenters. The van der Waals surface area contributed by atoms with E-state index in [9.17, 15) is 14.7 Å². The molecule has 1 amide bonds. The number of fused-ring (bicyclic) bond motifs is 2. The second kappa shape index (κ2) is 8.50. The molecule has 160 valence electrons. The summed E-state index contributed by atoms with van der Waals surface area (Å²) in [6.45, 7) is 1.94. The number of ether oxygens (including phenoxy) is 1. The Hall–Kier alpha value is -2.60. The Morgan fingerprint density at radius 2 is 1.77 bits per heavy atom. The maximum absolute atomic E-state index is 13.1. The predicted octanol–water partition coefficient (Wildman–Crippen LogP) is 5.13. The third kappa shape index (κ3) is 3.89. The number of anilines is 1. The summed E-state index contributed by atoms with van der Waals surface area (Å²) in [6.07, 6.45) is 0.134. The van der Waals surface area contributed by atoms with Gasteiger partial charge in [0.25, 0.3) is 5.91 Å². The first kappa shape index (κ1) is 21.6. The van der Waals surface area contributed by atoms with Gasteiger partial charge in [0.15, 0.2) is 5.60 Å². The van der Waals surface area contributed by atoms with Crippen LogP contribution in [-0.2, 0) is 15.2 Å². The number of hydrogen-bond donors (Lipinski definition) is 1. The molecule has 1 unspecified atom stereocenters. The Morgan fingerprint density at radius 3 is 2.55 bits per heavy atom. The topological polar surface area (TPSA) is 66.8 Å². The molecule has 0 radical (unpaired) electrons. The van der Waals surface area contributed by atoms with E-state index in [2.05, 4.69) is 0 Å². The summed E-state index contributed by atoms with van der Waals surface area (Å²) in [7, 11) is 0. The highest BCUT2D eigenvalue weighted by atomic mass is 35.5. The highest BCUT2D eigenvalue weighted by Crippen LogP contribution is 2.49. The fraction of sp³-hybridized carbons (Fsp3) is 0.250. The minimum atomic E-state index is -2.01. The van der Waals surface area contributed by atoms with E-state index < -0.39 is 11.5 Å². The molecular formula is C24H21Cl2NO4. The van der Waals surface area contributed by atoms with E-state index in [0.29, 0.717) is 23.7 Å². The third-order valence-corrected chi connectivity index (χ3v) is 6.02. The highest BCUT2D eigenvalue weighted by Gasteiger charge is 2.52. The smallest absolute Gasteiger partial charge is 0.264 e. The quantitative estimate of drug-likeness (QED) is 0.499. The number of rotatable bonds is 7. The van der Waals surface area contributed by atoms with E-state index in [1.54, 1.807) is 6.07 Å². The molecule has 0 spiro atoms. The van der Waals surface area contributed by atoms with E-state index in [-0.39, 0.29) is 29.3 Å². The molecule has 3 aromatic rings. The normalized spacial score (nSPS) is 17.8. The van der Waals surface area contributed by atoms with Gasteiger partial charge in [0, 0.05) is 28.9 Å². The zero-order valence-corrected chi connectivity index (χ0v) is 18.4. The summed E-state index contributed by atoms with van der Waals surface area (Å²) in [4.78, 5) is 26.3. The summed E-state index contributed by atoms with van der Waals surface area (Å²) in [6, 6.07) is 16.9. The first-order chi connectivity index (χ1) is 14.8. The molecule has 0 aromatic heterocycles. The summed E-state index contributed by atoms with van der Waals surface area (Å²) in [5, 5.41) is 13.7. The molecule has 0 bridgehead atoms. The van der Waals surface area contributed by atoms with Crippen LogP contribution in [0.4, 0.5) is 5.69 Å². The number of benzene rings is 3. The average Bonchev–Trinajstić information content (AvgIpc) is 2.96. The van der Waals surface area contributed by atoms with E-state index in [0.717, 1.165) is 16.5 Å². The highest BCUT2D eigenvalue weighted by molar-refractivity contribution is 6.38. The van der Waals surface area contributed by atoms with Crippen LogP contribution in [0.2, 0.25) is 10.0 Å². The van der Waals surface area contributed by atoms with Crippen LogP contribution >= 0.6 is 23.2 Å². The van der Waals surface area contributed by atoms with Crippen molar-refractivity contribution >= 4 is 51.4 Å². The van der Waals surface area contributed by atoms with E-state index in [4.69, 9.17) is 27.9 Å². The van der Waals surface area contributed by atoms with Gasteiger partial charge in [0.05, 0.1) is 17.3 Å². The summed E-state index contributed by atoms with van der Waals surface area (Å²) in [5.74, 6) is -0.155. The molecule has 7 heteroatoms. The lowest BCUT2D eigenvalue weighted by atomic mass is 9.90. The zero-order valence-electron chi connectivity index (χ0n) is 16.9. The number of nitrogens with zero attached hydrogens (tertiary/aromatic N) is 1. The first-order valence-corrected chi connectivity index (χ1v) is 10.7. The Labute approximate surface area is 190 Å². The van der Waals surface area contributed by atoms with Gasteiger partial charge in [-0.15, -0.1) is 0 Å². The van der Waals surface area contributed by atoms with Crippen LogP contribution in [-0.4, -0.2) is 29.9 Å². The second-order valence-electron chi connectivity index (χ2n) is 7.63. The number of carbonyl (C=O) groups excluding carboxylic acids is 2. The first-order valence-electron chi connectivity index (χ1n) is 9.96.